The molecule has 0 aliphatic carbocycles. The van der Waals surface area contributed by atoms with Gasteiger partial charge in [-0.1, -0.05) is 0 Å². The smallest absolute Gasteiger partial charge is 0.228 e. The lowest BCUT2D eigenvalue weighted by Gasteiger charge is -2.04. The molecule has 0 fully saturated rings. The van der Waals surface area contributed by atoms with Crippen molar-refractivity contribution in [1.82, 2.24) is 9.55 Å². The zero-order chi connectivity index (χ0) is 13.0. The molecular formula is C13H12N4O. The van der Waals surface area contributed by atoms with Crippen molar-refractivity contribution < 1.29 is 4.79 Å². The van der Waals surface area contributed by atoms with Crippen molar-refractivity contribution in [2.24, 2.45) is 0 Å². The molecule has 0 bridgehead atoms. The topological polar surface area (TPSA) is 84.7 Å². The van der Waals surface area contributed by atoms with E-state index in [1.807, 2.05) is 6.07 Å². The highest BCUT2D eigenvalue weighted by atomic mass is 16.1. The van der Waals surface area contributed by atoms with E-state index in [9.17, 15) is 4.79 Å². The third-order valence-electron chi connectivity index (χ3n) is 2.56. The Bertz CT molecular complexity index is 592. The summed E-state index contributed by atoms with van der Waals surface area (Å²) in [6.07, 6.45) is 3.60. The number of nitriles is 1. The SMILES string of the molecule is N#CCCn1ccnc1C(=O)c1ccc(N)cc1. The summed E-state index contributed by atoms with van der Waals surface area (Å²) in [5, 5.41) is 8.56. The van der Waals surface area contributed by atoms with E-state index >= 15 is 0 Å². The van der Waals surface area contributed by atoms with Crippen LogP contribution in [-0.2, 0) is 6.54 Å². The van der Waals surface area contributed by atoms with Gasteiger partial charge < -0.3 is 10.3 Å². The van der Waals surface area contributed by atoms with Crippen LogP contribution in [0.2, 0.25) is 0 Å². The maximum absolute atomic E-state index is 12.2. The lowest BCUT2D eigenvalue weighted by atomic mass is 10.1. The van der Waals surface area contributed by atoms with E-state index in [1.165, 1.54) is 0 Å². The molecule has 5 nitrogen and oxygen atoms in total. The van der Waals surface area contributed by atoms with Crippen LogP contribution in [0.25, 0.3) is 0 Å². The van der Waals surface area contributed by atoms with Crippen LogP contribution in [0.15, 0.2) is 36.7 Å². The number of aryl methyl sites for hydroxylation is 1. The van der Waals surface area contributed by atoms with Gasteiger partial charge in [-0.15, -0.1) is 0 Å². The van der Waals surface area contributed by atoms with E-state index < -0.39 is 0 Å². The number of anilines is 1. The molecule has 0 aliphatic rings. The lowest BCUT2D eigenvalue weighted by molar-refractivity contribution is 0.102. The van der Waals surface area contributed by atoms with Gasteiger partial charge in [-0.25, -0.2) is 4.98 Å². The highest BCUT2D eigenvalue weighted by molar-refractivity contribution is 6.06. The maximum atomic E-state index is 12.2. The van der Waals surface area contributed by atoms with Crippen molar-refractivity contribution in [3.05, 3.63) is 48.0 Å². The fourth-order valence-electron chi connectivity index (χ4n) is 1.63. The number of aromatic nitrogens is 2. The highest BCUT2D eigenvalue weighted by Gasteiger charge is 2.14. The van der Waals surface area contributed by atoms with E-state index in [1.54, 1.807) is 41.2 Å². The van der Waals surface area contributed by atoms with Crippen molar-refractivity contribution in [2.75, 3.05) is 5.73 Å². The normalized spacial score (nSPS) is 9.94. The number of hydrogen-bond acceptors (Lipinski definition) is 4. The second-order valence-electron chi connectivity index (χ2n) is 3.80. The summed E-state index contributed by atoms with van der Waals surface area (Å²) < 4.78 is 1.68. The molecular weight excluding hydrogens is 228 g/mol. The van der Waals surface area contributed by atoms with Crippen LogP contribution in [0, 0.1) is 11.3 Å². The second kappa shape index (κ2) is 5.15. The average Bonchev–Trinajstić information content (AvgIpc) is 2.84. The molecule has 0 amide bonds. The molecule has 0 saturated heterocycles. The number of carbonyl (C=O) groups excluding carboxylic acids is 1. The Labute approximate surface area is 104 Å². The summed E-state index contributed by atoms with van der Waals surface area (Å²) in [6.45, 7) is 0.465. The zero-order valence-electron chi connectivity index (χ0n) is 9.71. The van der Waals surface area contributed by atoms with Crippen LogP contribution in [0.4, 0.5) is 5.69 Å². The Morgan fingerprint density at radius 1 is 1.39 bits per heavy atom. The van der Waals surface area contributed by atoms with Gasteiger partial charge in [0.15, 0.2) is 5.82 Å². The van der Waals surface area contributed by atoms with Crippen molar-refractivity contribution in [2.45, 2.75) is 13.0 Å². The first kappa shape index (κ1) is 11.9. The molecule has 1 aromatic carbocycles. The van der Waals surface area contributed by atoms with Crippen molar-refractivity contribution in [3.63, 3.8) is 0 Å². The Hall–Kier alpha value is -2.61. The van der Waals surface area contributed by atoms with Gasteiger partial charge in [0, 0.05) is 30.2 Å². The van der Waals surface area contributed by atoms with E-state index in [0.29, 0.717) is 30.0 Å². The van der Waals surface area contributed by atoms with E-state index in [2.05, 4.69) is 4.98 Å². The highest BCUT2D eigenvalue weighted by Crippen LogP contribution is 2.11. The first-order chi connectivity index (χ1) is 8.72. The molecule has 2 aromatic rings. The number of imidazole rings is 1. The van der Waals surface area contributed by atoms with Gasteiger partial charge in [-0.05, 0) is 24.3 Å². The van der Waals surface area contributed by atoms with Crippen LogP contribution < -0.4 is 5.73 Å². The Morgan fingerprint density at radius 3 is 2.78 bits per heavy atom. The van der Waals surface area contributed by atoms with Gasteiger partial charge >= 0.3 is 0 Å². The molecule has 0 aliphatic heterocycles. The average molecular weight is 240 g/mol. The number of hydrogen-bond donors (Lipinski definition) is 1. The largest absolute Gasteiger partial charge is 0.399 e. The molecule has 0 atom stereocenters. The summed E-state index contributed by atoms with van der Waals surface area (Å²) in [5.74, 6) is 0.174. The van der Waals surface area contributed by atoms with E-state index in [0.717, 1.165) is 0 Å². The van der Waals surface area contributed by atoms with Crippen molar-refractivity contribution in [3.8, 4) is 6.07 Å². The second-order valence-corrected chi connectivity index (χ2v) is 3.80. The minimum atomic E-state index is -0.169. The van der Waals surface area contributed by atoms with E-state index in [-0.39, 0.29) is 5.78 Å². The molecule has 18 heavy (non-hydrogen) atoms. The lowest BCUT2D eigenvalue weighted by Crippen LogP contribution is -2.11. The number of carbonyl (C=O) groups is 1. The minimum absolute atomic E-state index is 0.169. The van der Waals surface area contributed by atoms with Gasteiger partial charge in [0.2, 0.25) is 5.78 Å². The predicted molar refractivity (Wildman–Crippen MR) is 66.7 cm³/mol. The van der Waals surface area contributed by atoms with Crippen LogP contribution in [0.1, 0.15) is 22.6 Å². The fraction of sp³-hybridized carbons (Fsp3) is 0.154. The van der Waals surface area contributed by atoms with Crippen LogP contribution >= 0.6 is 0 Å². The van der Waals surface area contributed by atoms with Crippen LogP contribution in [0.5, 0.6) is 0 Å². The summed E-state index contributed by atoms with van der Waals surface area (Å²) in [6, 6.07) is 8.73. The number of benzene rings is 1. The Morgan fingerprint density at radius 2 is 2.11 bits per heavy atom. The fourth-order valence-corrected chi connectivity index (χ4v) is 1.63. The third kappa shape index (κ3) is 2.38. The standard InChI is InChI=1S/C13H12N4O/c14-6-1-8-17-9-7-16-13(17)12(18)10-2-4-11(15)5-3-10/h2-5,7,9H,1,8,15H2. The summed E-state index contributed by atoms with van der Waals surface area (Å²) >= 11 is 0. The third-order valence-corrected chi connectivity index (χ3v) is 2.56. The Balaban J connectivity index is 2.26. The molecule has 1 heterocycles. The van der Waals surface area contributed by atoms with Crippen molar-refractivity contribution in [1.29, 1.82) is 5.26 Å². The van der Waals surface area contributed by atoms with Crippen LogP contribution in [-0.4, -0.2) is 15.3 Å². The van der Waals surface area contributed by atoms with Crippen molar-refractivity contribution >= 4 is 11.5 Å². The van der Waals surface area contributed by atoms with Gasteiger partial charge in [0.25, 0.3) is 0 Å². The molecule has 1 aromatic heterocycles. The van der Waals surface area contributed by atoms with Gasteiger partial charge in [0.05, 0.1) is 12.5 Å². The first-order valence-corrected chi connectivity index (χ1v) is 5.50. The number of nitrogens with zero attached hydrogens (tertiary/aromatic N) is 3. The molecule has 0 spiro atoms. The summed E-state index contributed by atoms with van der Waals surface area (Å²) in [4.78, 5) is 16.2. The number of ketones is 1. The van der Waals surface area contributed by atoms with Gasteiger partial charge in [-0.2, -0.15) is 5.26 Å². The molecule has 5 heteroatoms. The van der Waals surface area contributed by atoms with Crippen LogP contribution in [0.3, 0.4) is 0 Å². The predicted octanol–water partition coefficient (Wildman–Crippen LogP) is 1.61. The monoisotopic (exact) mass is 240 g/mol. The van der Waals surface area contributed by atoms with E-state index in [4.69, 9.17) is 11.0 Å². The number of nitrogen functional groups attached to an aromatic ring is 1. The minimum Gasteiger partial charge on any atom is -0.399 e. The van der Waals surface area contributed by atoms with Gasteiger partial charge in [0.1, 0.15) is 0 Å². The molecule has 0 saturated carbocycles. The summed E-state index contributed by atoms with van der Waals surface area (Å²) in [7, 11) is 0. The molecule has 2 rings (SSSR count). The van der Waals surface area contributed by atoms with Gasteiger partial charge in [-0.3, -0.25) is 4.79 Å². The maximum Gasteiger partial charge on any atom is 0.228 e. The summed E-state index contributed by atoms with van der Waals surface area (Å²) in [5.41, 5.74) is 6.72. The number of nitrogens with two attached hydrogens (primary N) is 1. The molecule has 90 valence electrons. The molecule has 0 unspecified atom stereocenters. The Kier molecular flexibility index (Phi) is 3.39. The zero-order valence-corrected chi connectivity index (χ0v) is 9.71. The quantitative estimate of drug-likeness (QED) is 0.650. The number of rotatable bonds is 4. The molecule has 0 radical (unpaired) electrons. The first-order valence-electron chi connectivity index (χ1n) is 5.50. The molecule has 2 N–H and O–H groups in total.